The molecule has 2 heterocycles. The molecule has 1 amide bonds. The van der Waals surface area contributed by atoms with E-state index < -0.39 is 22.6 Å². The molecule has 0 unspecified atom stereocenters. The number of carbonyl (C=O) groups is 1. The average molecular weight is 456 g/mol. The van der Waals surface area contributed by atoms with Gasteiger partial charge in [0, 0.05) is 13.5 Å². The maximum Gasteiger partial charge on any atom is 0.254 e. The van der Waals surface area contributed by atoms with Crippen molar-refractivity contribution in [2.24, 2.45) is 5.41 Å². The number of aryl methyl sites for hydroxylation is 2. The second-order valence-electron chi connectivity index (χ2n) is 9.55. The Hall–Kier alpha value is -3.42. The molecule has 1 aliphatic heterocycles. The van der Waals surface area contributed by atoms with Crippen LogP contribution < -0.4 is 26.8 Å². The van der Waals surface area contributed by atoms with Crippen molar-refractivity contribution in [1.29, 1.82) is 0 Å². The first-order chi connectivity index (χ1) is 15.3. The van der Waals surface area contributed by atoms with Gasteiger partial charge in [-0.05, 0) is 49.4 Å². The zero-order valence-electron chi connectivity index (χ0n) is 20.0. The molecule has 3 aromatic rings. The van der Waals surface area contributed by atoms with E-state index in [1.54, 1.807) is 6.92 Å². The lowest BCUT2D eigenvalue weighted by atomic mass is 9.91. The van der Waals surface area contributed by atoms with E-state index in [0.29, 0.717) is 11.0 Å². The molecule has 33 heavy (non-hydrogen) atoms. The molecule has 0 bridgehead atoms. The Bertz CT molecular complexity index is 1260. The number of nitrogens with one attached hydrogen (secondary N) is 3. The van der Waals surface area contributed by atoms with Crippen molar-refractivity contribution in [3.63, 3.8) is 0 Å². The Balaban J connectivity index is 0.000000218. The third kappa shape index (κ3) is 4.84. The third-order valence-electron chi connectivity index (χ3n) is 5.56. The van der Waals surface area contributed by atoms with Crippen molar-refractivity contribution in [3.05, 3.63) is 72.7 Å². The number of halogens is 1. The molecule has 1 aliphatic rings. The molecule has 0 radical (unpaired) electrons. The summed E-state index contributed by atoms with van der Waals surface area (Å²) < 4.78 is 19.6. The van der Waals surface area contributed by atoms with Crippen molar-refractivity contribution < 1.29 is 13.6 Å². The molecule has 0 spiro atoms. The van der Waals surface area contributed by atoms with E-state index in [-0.39, 0.29) is 28.7 Å². The van der Waals surface area contributed by atoms with Gasteiger partial charge in [-0.3, -0.25) is 14.4 Å². The van der Waals surface area contributed by atoms with Crippen molar-refractivity contribution in [1.82, 2.24) is 5.32 Å². The molecule has 8 heteroatoms. The van der Waals surface area contributed by atoms with E-state index in [1.165, 1.54) is 24.7 Å². The lowest BCUT2D eigenvalue weighted by Gasteiger charge is -2.15. The van der Waals surface area contributed by atoms with Crippen LogP contribution in [-0.4, -0.2) is 13.0 Å². The van der Waals surface area contributed by atoms with E-state index in [2.05, 4.69) is 49.7 Å². The Kier molecular flexibility index (Phi) is 6.49. The standard InChI is InChI=1S/C14H12FN3O3.C11H18O/c1-5-6-3-4-7(15)9(8(6)14(21)17-5)18-11-10(16-2)12(19)13(11)20;1-8-6-10(12-9(8)2)7-11(3,4)5/h3-5,16,18H,1-2H3,(H,17,21);6H,7H2,1-5H3/t5-;/m1./s1. The Morgan fingerprint density at radius 1 is 1.06 bits per heavy atom. The summed E-state index contributed by atoms with van der Waals surface area (Å²) in [6.45, 7) is 12.6. The number of benzene rings is 1. The lowest BCUT2D eigenvalue weighted by molar-refractivity contribution is 0.0959. The molecule has 4 rings (SSSR count). The van der Waals surface area contributed by atoms with Crippen LogP contribution in [0.5, 0.6) is 0 Å². The largest absolute Gasteiger partial charge is 0.466 e. The third-order valence-corrected chi connectivity index (χ3v) is 5.56. The van der Waals surface area contributed by atoms with Crippen molar-refractivity contribution in [2.45, 2.75) is 54.0 Å². The number of hydrogen-bond donors (Lipinski definition) is 3. The zero-order chi connectivity index (χ0) is 24.7. The van der Waals surface area contributed by atoms with E-state index in [4.69, 9.17) is 4.42 Å². The van der Waals surface area contributed by atoms with Crippen molar-refractivity contribution in [3.8, 4) is 0 Å². The second kappa shape index (κ2) is 8.84. The summed E-state index contributed by atoms with van der Waals surface area (Å²) in [6, 6.07) is 4.66. The van der Waals surface area contributed by atoms with Gasteiger partial charge in [0.25, 0.3) is 16.8 Å². The van der Waals surface area contributed by atoms with Crippen LogP contribution in [0, 0.1) is 25.1 Å². The highest BCUT2D eigenvalue weighted by atomic mass is 19.1. The van der Waals surface area contributed by atoms with Gasteiger partial charge in [0.05, 0.1) is 17.3 Å². The van der Waals surface area contributed by atoms with Crippen LogP contribution in [-0.2, 0) is 6.42 Å². The summed E-state index contributed by atoms with van der Waals surface area (Å²) in [4.78, 5) is 34.8. The van der Waals surface area contributed by atoms with E-state index in [1.807, 2.05) is 6.92 Å². The number of carbonyl (C=O) groups excluding carboxylic acids is 1. The molecule has 2 aromatic carbocycles. The van der Waals surface area contributed by atoms with Crippen LogP contribution in [0.2, 0.25) is 0 Å². The minimum atomic E-state index is -0.734. The topological polar surface area (TPSA) is 100 Å². The normalized spacial score (nSPS) is 15.0. The van der Waals surface area contributed by atoms with Gasteiger partial charge in [-0.1, -0.05) is 26.8 Å². The monoisotopic (exact) mass is 455 g/mol. The number of rotatable bonds is 4. The first-order valence-corrected chi connectivity index (χ1v) is 10.8. The van der Waals surface area contributed by atoms with Gasteiger partial charge in [-0.2, -0.15) is 0 Å². The molecule has 1 atom stereocenters. The summed E-state index contributed by atoms with van der Waals surface area (Å²) in [5.74, 6) is 1.09. The molecule has 0 saturated heterocycles. The average Bonchev–Trinajstić information content (AvgIpc) is 3.18. The first-order valence-electron chi connectivity index (χ1n) is 10.8. The fraction of sp³-hybridized carbons (Fsp3) is 0.400. The lowest BCUT2D eigenvalue weighted by Crippen LogP contribution is -2.36. The van der Waals surface area contributed by atoms with Crippen molar-refractivity contribution in [2.75, 3.05) is 17.7 Å². The van der Waals surface area contributed by atoms with Gasteiger partial charge in [0.15, 0.2) is 0 Å². The summed E-state index contributed by atoms with van der Waals surface area (Å²) in [7, 11) is 1.49. The van der Waals surface area contributed by atoms with Gasteiger partial charge in [0.1, 0.15) is 28.7 Å². The van der Waals surface area contributed by atoms with Crippen LogP contribution in [0.25, 0.3) is 0 Å². The van der Waals surface area contributed by atoms with Gasteiger partial charge in [0.2, 0.25) is 0 Å². The number of amides is 1. The highest BCUT2D eigenvalue weighted by Crippen LogP contribution is 2.35. The van der Waals surface area contributed by atoms with Gasteiger partial charge in [-0.25, -0.2) is 4.39 Å². The Morgan fingerprint density at radius 3 is 2.24 bits per heavy atom. The van der Waals surface area contributed by atoms with Gasteiger partial charge < -0.3 is 20.4 Å². The molecule has 1 aromatic heterocycles. The first kappa shape index (κ1) is 24.2. The van der Waals surface area contributed by atoms with Crippen LogP contribution in [0.1, 0.15) is 66.7 Å². The quantitative estimate of drug-likeness (QED) is 0.501. The molecule has 0 fully saturated rings. The predicted molar refractivity (Wildman–Crippen MR) is 128 cm³/mol. The van der Waals surface area contributed by atoms with Crippen molar-refractivity contribution >= 4 is 23.0 Å². The minimum absolute atomic E-state index is 0.0258. The molecule has 176 valence electrons. The van der Waals surface area contributed by atoms with E-state index >= 15 is 0 Å². The van der Waals surface area contributed by atoms with Gasteiger partial charge in [-0.15, -0.1) is 0 Å². The molecule has 3 N–H and O–H groups in total. The molecule has 7 nitrogen and oxygen atoms in total. The van der Waals surface area contributed by atoms with Crippen LogP contribution >= 0.6 is 0 Å². The number of fused-ring (bicyclic) bond motifs is 1. The number of furan rings is 1. The zero-order valence-corrected chi connectivity index (χ0v) is 20.0. The molecular weight excluding hydrogens is 425 g/mol. The van der Waals surface area contributed by atoms with Crippen LogP contribution in [0.4, 0.5) is 21.5 Å². The molecule has 0 saturated carbocycles. The fourth-order valence-electron chi connectivity index (χ4n) is 3.80. The van der Waals surface area contributed by atoms with Crippen LogP contribution in [0.15, 0.2) is 32.2 Å². The number of hydrogen-bond acceptors (Lipinski definition) is 6. The van der Waals surface area contributed by atoms with Crippen LogP contribution in [0.3, 0.4) is 0 Å². The summed E-state index contributed by atoms with van der Waals surface area (Å²) in [6.07, 6.45) is 1.02. The van der Waals surface area contributed by atoms with E-state index in [0.717, 1.165) is 17.9 Å². The highest BCUT2D eigenvalue weighted by Gasteiger charge is 2.31. The molecule has 0 aliphatic carbocycles. The fourth-order valence-corrected chi connectivity index (χ4v) is 3.80. The Labute approximate surface area is 192 Å². The maximum absolute atomic E-state index is 14.0. The Morgan fingerprint density at radius 2 is 1.70 bits per heavy atom. The summed E-state index contributed by atoms with van der Waals surface area (Å²) >= 11 is 0. The smallest absolute Gasteiger partial charge is 0.254 e. The second-order valence-corrected chi connectivity index (χ2v) is 9.55. The number of anilines is 3. The molecular formula is C25H30FN3O4. The minimum Gasteiger partial charge on any atom is -0.466 e. The van der Waals surface area contributed by atoms with Gasteiger partial charge >= 0.3 is 0 Å². The highest BCUT2D eigenvalue weighted by molar-refractivity contribution is 6.05. The maximum atomic E-state index is 14.0. The predicted octanol–water partition coefficient (Wildman–Crippen LogP) is 4.50. The SMILES string of the molecule is CNc1c(Nc2c(F)ccc3c2C(=O)N[C@@H]3C)c(=O)c1=O.Cc1cc(CC(C)(C)C)oc1C. The summed E-state index contributed by atoms with van der Waals surface area (Å²) in [5.41, 5.74) is 0.967. The van der Waals surface area contributed by atoms with E-state index in [9.17, 15) is 18.8 Å². The summed E-state index contributed by atoms with van der Waals surface area (Å²) in [5, 5.41) is 7.85.